The summed E-state index contributed by atoms with van der Waals surface area (Å²) in [6.07, 6.45) is 2.19. The molecule has 0 spiro atoms. The van der Waals surface area contributed by atoms with E-state index in [2.05, 4.69) is 36.5 Å². The average molecular weight is 341 g/mol. The van der Waals surface area contributed by atoms with E-state index in [1.165, 1.54) is 11.1 Å². The Bertz CT molecular complexity index is 701. The Kier molecular flexibility index (Phi) is 7.29. The number of ether oxygens (including phenoxy) is 1. The van der Waals surface area contributed by atoms with Gasteiger partial charge in [0.2, 0.25) is 5.91 Å². The Labute approximate surface area is 149 Å². The minimum absolute atomic E-state index is 0.000677. The molecule has 0 atom stereocenters. The first-order valence-corrected chi connectivity index (χ1v) is 8.62. The van der Waals surface area contributed by atoms with Gasteiger partial charge < -0.3 is 21.5 Å². The lowest BCUT2D eigenvalue weighted by molar-refractivity contribution is -0.120. The highest BCUT2D eigenvalue weighted by Crippen LogP contribution is 2.22. The van der Waals surface area contributed by atoms with E-state index in [0.29, 0.717) is 37.6 Å². The summed E-state index contributed by atoms with van der Waals surface area (Å²) in [5.74, 6) is 0.604. The number of rotatable bonds is 9. The summed E-state index contributed by atoms with van der Waals surface area (Å²) in [5, 5.41) is 2.96. The van der Waals surface area contributed by atoms with Crippen molar-refractivity contribution < 1.29 is 9.53 Å². The summed E-state index contributed by atoms with van der Waals surface area (Å²) < 4.78 is 5.43. The van der Waals surface area contributed by atoms with Crippen molar-refractivity contribution >= 4 is 11.6 Å². The number of aryl methyl sites for hydroxylation is 2. The number of anilines is 1. The van der Waals surface area contributed by atoms with Gasteiger partial charge in [-0.25, -0.2) is 0 Å². The van der Waals surface area contributed by atoms with Gasteiger partial charge >= 0.3 is 0 Å². The highest BCUT2D eigenvalue weighted by Gasteiger charge is 2.06. The fourth-order valence-electron chi connectivity index (χ4n) is 2.64. The summed E-state index contributed by atoms with van der Waals surface area (Å²) in [7, 11) is 0. The number of carbonyl (C=O) groups excluding carboxylic acids is 1. The minimum atomic E-state index is -0.000677. The number of nitrogen functional groups attached to an aromatic ring is 1. The van der Waals surface area contributed by atoms with Crippen LogP contribution >= 0.6 is 0 Å². The highest BCUT2D eigenvalue weighted by atomic mass is 16.5. The van der Waals surface area contributed by atoms with E-state index in [4.69, 9.17) is 16.2 Å². The van der Waals surface area contributed by atoms with Crippen LogP contribution in [0.5, 0.6) is 5.75 Å². The van der Waals surface area contributed by atoms with E-state index in [9.17, 15) is 4.79 Å². The second kappa shape index (κ2) is 9.69. The first kappa shape index (κ1) is 18.8. The highest BCUT2D eigenvalue weighted by molar-refractivity contribution is 5.79. The van der Waals surface area contributed by atoms with E-state index in [1.807, 2.05) is 6.07 Å². The summed E-state index contributed by atoms with van der Waals surface area (Å²) in [5.41, 5.74) is 15.3. The molecule has 0 aliphatic heterocycles. The zero-order valence-electron chi connectivity index (χ0n) is 14.8. The van der Waals surface area contributed by atoms with Gasteiger partial charge in [0.1, 0.15) is 12.4 Å². The predicted octanol–water partition coefficient (Wildman–Crippen LogP) is 2.21. The predicted molar refractivity (Wildman–Crippen MR) is 102 cm³/mol. The van der Waals surface area contributed by atoms with Gasteiger partial charge in [-0.1, -0.05) is 35.9 Å². The Hall–Kier alpha value is -2.53. The molecule has 0 heterocycles. The number of hydrogen-bond donors (Lipinski definition) is 3. The molecule has 0 saturated heterocycles. The quantitative estimate of drug-likeness (QED) is 0.482. The Balaban J connectivity index is 1.73. The van der Waals surface area contributed by atoms with Crippen molar-refractivity contribution in [2.24, 2.45) is 5.73 Å². The van der Waals surface area contributed by atoms with E-state index >= 15 is 0 Å². The number of nitrogens with one attached hydrogen (secondary N) is 1. The molecule has 0 saturated carbocycles. The molecule has 0 unspecified atom stereocenters. The Morgan fingerprint density at radius 1 is 1.16 bits per heavy atom. The molecule has 2 aromatic rings. The lowest BCUT2D eigenvalue weighted by Gasteiger charge is -2.10. The molecule has 2 rings (SSSR count). The third-order valence-corrected chi connectivity index (χ3v) is 3.86. The molecule has 0 aromatic heterocycles. The lowest BCUT2D eigenvalue weighted by Crippen LogP contribution is -2.26. The maximum absolute atomic E-state index is 12.0. The van der Waals surface area contributed by atoms with Gasteiger partial charge in [0.25, 0.3) is 0 Å². The Morgan fingerprint density at radius 2 is 2.00 bits per heavy atom. The van der Waals surface area contributed by atoms with Gasteiger partial charge in [-0.2, -0.15) is 0 Å². The zero-order chi connectivity index (χ0) is 18.1. The van der Waals surface area contributed by atoms with Crippen LogP contribution in [0.15, 0.2) is 42.5 Å². The first-order valence-electron chi connectivity index (χ1n) is 8.62. The molecule has 5 N–H and O–H groups in total. The van der Waals surface area contributed by atoms with Crippen LogP contribution in [0.3, 0.4) is 0 Å². The van der Waals surface area contributed by atoms with Crippen LogP contribution in [0.25, 0.3) is 0 Å². The van der Waals surface area contributed by atoms with Crippen LogP contribution in [0, 0.1) is 6.92 Å². The number of amides is 1. The molecule has 0 aliphatic rings. The maximum Gasteiger partial charge on any atom is 0.224 e. The van der Waals surface area contributed by atoms with Gasteiger partial charge in [-0.3, -0.25) is 4.79 Å². The van der Waals surface area contributed by atoms with Gasteiger partial charge in [0.05, 0.1) is 12.1 Å². The van der Waals surface area contributed by atoms with Crippen LogP contribution in [-0.2, 0) is 17.6 Å². The largest absolute Gasteiger partial charge is 0.490 e. The summed E-state index contributed by atoms with van der Waals surface area (Å²) in [6, 6.07) is 13.9. The first-order chi connectivity index (χ1) is 12.1. The molecular weight excluding hydrogens is 314 g/mol. The molecule has 25 heavy (non-hydrogen) atoms. The van der Waals surface area contributed by atoms with Crippen molar-refractivity contribution in [3.63, 3.8) is 0 Å². The molecule has 5 nitrogen and oxygen atoms in total. The summed E-state index contributed by atoms with van der Waals surface area (Å²) in [4.78, 5) is 12.0. The van der Waals surface area contributed by atoms with E-state index in [1.54, 1.807) is 12.1 Å². The third kappa shape index (κ3) is 6.47. The lowest BCUT2D eigenvalue weighted by atomic mass is 10.1. The van der Waals surface area contributed by atoms with E-state index in [0.717, 1.165) is 18.4 Å². The van der Waals surface area contributed by atoms with Gasteiger partial charge in [0.15, 0.2) is 0 Å². The SMILES string of the molecule is Cc1cccc(CCCNC(=O)Cc2ccc(OCCN)c(N)c2)c1. The normalized spacial score (nSPS) is 10.5. The molecule has 0 radical (unpaired) electrons. The third-order valence-electron chi connectivity index (χ3n) is 3.86. The zero-order valence-corrected chi connectivity index (χ0v) is 14.8. The van der Waals surface area contributed by atoms with Crippen LogP contribution < -0.4 is 21.5 Å². The monoisotopic (exact) mass is 341 g/mol. The van der Waals surface area contributed by atoms with Crippen LogP contribution in [0.1, 0.15) is 23.1 Å². The van der Waals surface area contributed by atoms with E-state index in [-0.39, 0.29) is 5.91 Å². The number of hydrogen-bond acceptors (Lipinski definition) is 4. The van der Waals surface area contributed by atoms with Gasteiger partial charge in [-0.15, -0.1) is 0 Å². The van der Waals surface area contributed by atoms with E-state index < -0.39 is 0 Å². The summed E-state index contributed by atoms with van der Waals surface area (Å²) in [6.45, 7) is 3.61. The molecular formula is C20H27N3O2. The van der Waals surface area contributed by atoms with Crippen LogP contribution in [0.4, 0.5) is 5.69 Å². The van der Waals surface area contributed by atoms with Crippen LogP contribution in [-0.4, -0.2) is 25.6 Å². The van der Waals surface area contributed by atoms with Crippen molar-refractivity contribution in [3.8, 4) is 5.75 Å². The smallest absolute Gasteiger partial charge is 0.224 e. The van der Waals surface area contributed by atoms with Crippen molar-refractivity contribution in [2.75, 3.05) is 25.4 Å². The summed E-state index contributed by atoms with van der Waals surface area (Å²) >= 11 is 0. The average Bonchev–Trinajstić information content (AvgIpc) is 2.58. The molecule has 5 heteroatoms. The van der Waals surface area contributed by atoms with Gasteiger partial charge in [-0.05, 0) is 43.0 Å². The number of carbonyl (C=O) groups is 1. The minimum Gasteiger partial charge on any atom is -0.490 e. The second-order valence-corrected chi connectivity index (χ2v) is 6.13. The molecule has 0 bridgehead atoms. The molecule has 0 aliphatic carbocycles. The van der Waals surface area contributed by atoms with Crippen molar-refractivity contribution in [1.29, 1.82) is 0 Å². The van der Waals surface area contributed by atoms with Crippen LogP contribution in [0.2, 0.25) is 0 Å². The molecule has 2 aromatic carbocycles. The maximum atomic E-state index is 12.0. The van der Waals surface area contributed by atoms with Crippen molar-refractivity contribution in [1.82, 2.24) is 5.32 Å². The molecule has 134 valence electrons. The topological polar surface area (TPSA) is 90.4 Å². The second-order valence-electron chi connectivity index (χ2n) is 6.13. The fraction of sp³-hybridized carbons (Fsp3) is 0.350. The molecule has 1 amide bonds. The standard InChI is InChI=1S/C20H27N3O2/c1-15-4-2-5-16(12-15)6-3-10-23-20(24)14-17-7-8-19(18(22)13-17)25-11-9-21/h2,4-5,7-8,12-13H,3,6,9-11,14,21-22H2,1H3,(H,23,24). The Morgan fingerprint density at radius 3 is 2.72 bits per heavy atom. The fourth-order valence-corrected chi connectivity index (χ4v) is 2.64. The van der Waals surface area contributed by atoms with Crippen molar-refractivity contribution in [3.05, 3.63) is 59.2 Å². The number of nitrogens with two attached hydrogens (primary N) is 2. The molecule has 0 fully saturated rings. The van der Waals surface area contributed by atoms with Crippen molar-refractivity contribution in [2.45, 2.75) is 26.2 Å². The van der Waals surface area contributed by atoms with Gasteiger partial charge in [0, 0.05) is 13.1 Å². The number of benzene rings is 2.